The van der Waals surface area contributed by atoms with E-state index in [1.165, 1.54) is 15.9 Å². The molecule has 226 valence electrons. The van der Waals surface area contributed by atoms with E-state index in [-0.39, 0.29) is 0 Å². The lowest BCUT2D eigenvalue weighted by Gasteiger charge is -2.21. The lowest BCUT2D eigenvalue weighted by molar-refractivity contribution is 0.670. The highest BCUT2D eigenvalue weighted by Gasteiger charge is 2.41. The Morgan fingerprint density at radius 1 is 0.562 bits per heavy atom. The monoisotopic (exact) mass is 631 g/mol. The molecular weight excluding hydrogens is 603 g/mol. The fourth-order valence-electron chi connectivity index (χ4n) is 7.34. The van der Waals surface area contributed by atoms with Crippen molar-refractivity contribution in [3.8, 4) is 56.2 Å². The second kappa shape index (κ2) is 10.7. The summed E-state index contributed by atoms with van der Waals surface area (Å²) in [4.78, 5) is 14.2. The Balaban J connectivity index is 1.17. The van der Waals surface area contributed by atoms with Gasteiger partial charge in [-0.1, -0.05) is 128 Å². The van der Waals surface area contributed by atoms with Gasteiger partial charge in [-0.05, 0) is 56.9 Å². The van der Waals surface area contributed by atoms with Crippen molar-refractivity contribution in [3.05, 3.63) is 151 Å². The third kappa shape index (κ3) is 4.35. The summed E-state index contributed by atoms with van der Waals surface area (Å²) in [5, 5.41) is 4.70. The zero-order valence-corrected chi connectivity index (χ0v) is 27.5. The summed E-state index contributed by atoms with van der Waals surface area (Å²) in [6.07, 6.45) is 0. The van der Waals surface area contributed by atoms with Crippen LogP contribution in [0, 0.1) is 6.57 Å². The molecule has 5 heteroatoms. The van der Waals surface area contributed by atoms with Gasteiger partial charge in [-0.15, -0.1) is 0 Å². The summed E-state index contributed by atoms with van der Waals surface area (Å²) < 4.78 is 6.37. The second-order valence-corrected chi connectivity index (χ2v) is 17.2. The summed E-state index contributed by atoms with van der Waals surface area (Å²) >= 11 is 0. The van der Waals surface area contributed by atoms with Crippen LogP contribution in [0.1, 0.15) is 0 Å². The first-order chi connectivity index (χ1) is 23.5. The molecule has 0 N–H and O–H groups in total. The SMILES string of the molecule is [C-]#[N+]c1ccc2oc3c(-c4cccc(-c5cccc(-c6nc(-c7ccccc7)c7c(n6)-c6ccccc6[Si]7(C)C)c5)c4)cccc3c2c1. The summed E-state index contributed by atoms with van der Waals surface area (Å²) in [6, 6.07) is 48.3. The van der Waals surface area contributed by atoms with Gasteiger partial charge in [-0.25, -0.2) is 14.8 Å². The smallest absolute Gasteiger partial charge is 0.188 e. The lowest BCUT2D eigenvalue weighted by atomic mass is 9.96. The van der Waals surface area contributed by atoms with Crippen LogP contribution in [-0.4, -0.2) is 18.0 Å². The van der Waals surface area contributed by atoms with Gasteiger partial charge in [-0.3, -0.25) is 0 Å². The molecule has 0 saturated carbocycles. The van der Waals surface area contributed by atoms with Crippen LogP contribution >= 0.6 is 0 Å². The van der Waals surface area contributed by atoms with Gasteiger partial charge in [0.2, 0.25) is 0 Å². The van der Waals surface area contributed by atoms with Crippen molar-refractivity contribution >= 4 is 46.1 Å². The quantitative estimate of drug-likeness (QED) is 0.143. The van der Waals surface area contributed by atoms with Gasteiger partial charge in [0.05, 0.1) is 18.0 Å². The van der Waals surface area contributed by atoms with Crippen molar-refractivity contribution in [1.82, 2.24) is 9.97 Å². The van der Waals surface area contributed by atoms with E-state index in [1.54, 1.807) is 6.07 Å². The van der Waals surface area contributed by atoms with Gasteiger partial charge in [0, 0.05) is 27.5 Å². The highest BCUT2D eigenvalue weighted by Crippen LogP contribution is 2.39. The molecule has 0 saturated heterocycles. The number of furan rings is 1. The van der Waals surface area contributed by atoms with Crippen molar-refractivity contribution in [2.45, 2.75) is 13.1 Å². The molecule has 0 spiro atoms. The van der Waals surface area contributed by atoms with Crippen LogP contribution in [-0.2, 0) is 0 Å². The Morgan fingerprint density at radius 2 is 1.21 bits per heavy atom. The molecule has 0 aliphatic carbocycles. The molecule has 0 radical (unpaired) electrons. The molecule has 6 aromatic carbocycles. The minimum Gasteiger partial charge on any atom is -0.456 e. The van der Waals surface area contributed by atoms with E-state index in [0.717, 1.165) is 72.5 Å². The molecule has 2 aromatic heterocycles. The van der Waals surface area contributed by atoms with Crippen LogP contribution in [0.5, 0.6) is 0 Å². The zero-order valence-electron chi connectivity index (χ0n) is 26.5. The third-order valence-corrected chi connectivity index (χ3v) is 13.2. The van der Waals surface area contributed by atoms with Gasteiger partial charge in [0.25, 0.3) is 0 Å². The summed E-state index contributed by atoms with van der Waals surface area (Å²) in [6.45, 7) is 12.3. The number of hydrogen-bond acceptors (Lipinski definition) is 3. The molecule has 0 atom stereocenters. The van der Waals surface area contributed by atoms with Crippen molar-refractivity contribution in [2.24, 2.45) is 0 Å². The van der Waals surface area contributed by atoms with Crippen molar-refractivity contribution in [1.29, 1.82) is 0 Å². The summed E-state index contributed by atoms with van der Waals surface area (Å²) in [7, 11) is -2.02. The largest absolute Gasteiger partial charge is 0.456 e. The van der Waals surface area contributed by atoms with E-state index in [1.807, 2.05) is 12.1 Å². The van der Waals surface area contributed by atoms with Crippen LogP contribution in [0.2, 0.25) is 13.1 Å². The van der Waals surface area contributed by atoms with Crippen molar-refractivity contribution in [3.63, 3.8) is 0 Å². The van der Waals surface area contributed by atoms with Crippen molar-refractivity contribution in [2.75, 3.05) is 0 Å². The Kier molecular flexibility index (Phi) is 6.30. The first-order valence-electron chi connectivity index (χ1n) is 16.1. The van der Waals surface area contributed by atoms with E-state index in [2.05, 4.69) is 139 Å². The molecule has 48 heavy (non-hydrogen) atoms. The molecule has 1 aliphatic heterocycles. The first kappa shape index (κ1) is 28.2. The molecule has 0 unspecified atom stereocenters. The number of hydrogen-bond donors (Lipinski definition) is 0. The van der Waals surface area contributed by atoms with E-state index in [4.69, 9.17) is 21.0 Å². The van der Waals surface area contributed by atoms with Crippen molar-refractivity contribution < 1.29 is 4.42 Å². The Labute approximate surface area is 279 Å². The third-order valence-electron chi connectivity index (χ3n) is 9.67. The van der Waals surface area contributed by atoms with Gasteiger partial charge in [0.15, 0.2) is 11.5 Å². The lowest BCUT2D eigenvalue weighted by Crippen LogP contribution is -2.50. The fourth-order valence-corrected chi connectivity index (χ4v) is 10.6. The normalized spacial score (nSPS) is 12.9. The van der Waals surface area contributed by atoms with E-state index in [9.17, 15) is 0 Å². The number of rotatable bonds is 4. The molecule has 4 nitrogen and oxygen atoms in total. The topological polar surface area (TPSA) is 43.3 Å². The molecular formula is C43H29N3OSi. The minimum absolute atomic E-state index is 0.607. The van der Waals surface area contributed by atoms with Crippen LogP contribution in [0.3, 0.4) is 0 Å². The van der Waals surface area contributed by atoms with Crippen LogP contribution in [0.25, 0.3) is 82.9 Å². The van der Waals surface area contributed by atoms with Crippen LogP contribution in [0.15, 0.2) is 144 Å². The fraction of sp³-hybridized carbons (Fsp3) is 0.0465. The maximum Gasteiger partial charge on any atom is 0.188 e. The Hall–Kier alpha value is -6.09. The standard InChI is InChI=1S/C43H29N3OSi/c1-44-32-22-23-37-36(26-32)34-20-11-19-33(41(34)47-37)30-16-9-14-28(24-30)29-15-10-17-31(25-29)43-45-39(27-12-5-4-6-13-27)42-40(46-43)35-18-7-8-21-38(35)48(42,2)3/h4-26H,2-3H3. The number of benzene rings is 6. The Morgan fingerprint density at radius 3 is 2.02 bits per heavy atom. The first-order valence-corrected chi connectivity index (χ1v) is 19.1. The van der Waals surface area contributed by atoms with E-state index >= 15 is 0 Å². The second-order valence-electron chi connectivity index (χ2n) is 12.9. The molecule has 0 bridgehead atoms. The number of aromatic nitrogens is 2. The molecule has 1 aliphatic rings. The average Bonchev–Trinajstić information content (AvgIpc) is 3.63. The highest BCUT2D eigenvalue weighted by atomic mass is 28.3. The Bertz CT molecular complexity index is 2610. The molecule has 9 rings (SSSR count). The van der Waals surface area contributed by atoms with Gasteiger partial charge in [0.1, 0.15) is 19.2 Å². The van der Waals surface area contributed by atoms with Crippen LogP contribution < -0.4 is 10.4 Å². The van der Waals surface area contributed by atoms with Crippen LogP contribution in [0.4, 0.5) is 5.69 Å². The summed E-state index contributed by atoms with van der Waals surface area (Å²) in [5.74, 6) is 0.734. The highest BCUT2D eigenvalue weighted by molar-refractivity contribution is 7.04. The van der Waals surface area contributed by atoms with Gasteiger partial charge in [-0.2, -0.15) is 0 Å². The van der Waals surface area contributed by atoms with E-state index < -0.39 is 8.07 Å². The predicted octanol–water partition coefficient (Wildman–Crippen LogP) is 10.4. The maximum atomic E-state index is 7.45. The van der Waals surface area contributed by atoms with E-state index in [0.29, 0.717) is 5.69 Å². The van der Waals surface area contributed by atoms with Gasteiger partial charge >= 0.3 is 0 Å². The predicted molar refractivity (Wildman–Crippen MR) is 200 cm³/mol. The zero-order chi connectivity index (χ0) is 32.4. The molecule has 3 heterocycles. The average molecular weight is 632 g/mol. The number of para-hydroxylation sites is 1. The summed E-state index contributed by atoms with van der Waals surface area (Å²) in [5.41, 5.74) is 11.9. The minimum atomic E-state index is -2.02. The van der Waals surface area contributed by atoms with Gasteiger partial charge < -0.3 is 4.42 Å². The molecule has 8 aromatic rings. The maximum absolute atomic E-state index is 7.45. The number of nitrogens with zero attached hydrogens (tertiary/aromatic N) is 3. The molecule has 0 fully saturated rings. The molecule has 0 amide bonds. The number of fused-ring (bicyclic) bond motifs is 6.